The maximum Gasteiger partial charge on any atom is 0.269 e. The fourth-order valence-electron chi connectivity index (χ4n) is 3.32. The first kappa shape index (κ1) is 26.5. The average Bonchev–Trinajstić information content (AvgIpc) is 2.87. The highest BCUT2D eigenvalue weighted by Crippen LogP contribution is 2.22. The van der Waals surface area contributed by atoms with Crippen LogP contribution in [0.4, 0.5) is 5.69 Å². The molecule has 0 aromatic heterocycles. The van der Waals surface area contributed by atoms with Crippen LogP contribution in [0.2, 0.25) is 0 Å². The normalized spacial score (nSPS) is 10.9. The van der Waals surface area contributed by atoms with Gasteiger partial charge in [0.2, 0.25) is 0 Å². The predicted octanol–water partition coefficient (Wildman–Crippen LogP) is 5.49. The van der Waals surface area contributed by atoms with Crippen molar-refractivity contribution >= 4 is 23.4 Å². The van der Waals surface area contributed by atoms with Crippen molar-refractivity contribution in [2.45, 2.75) is 46.0 Å². The summed E-state index contributed by atoms with van der Waals surface area (Å²) in [5, 5.41) is 2.82. The maximum atomic E-state index is 12.5. The van der Waals surface area contributed by atoms with E-state index in [4.69, 9.17) is 4.74 Å². The number of hydrogen-bond acceptors (Lipinski definition) is 4. The molecule has 0 bridgehead atoms. The third-order valence-corrected chi connectivity index (χ3v) is 5.59. The zero-order valence-electron chi connectivity index (χ0n) is 21.2. The van der Waals surface area contributed by atoms with Gasteiger partial charge in [-0.2, -0.15) is 0 Å². The lowest BCUT2D eigenvalue weighted by molar-refractivity contribution is 0.0846. The van der Waals surface area contributed by atoms with Crippen molar-refractivity contribution in [1.82, 2.24) is 10.9 Å². The van der Waals surface area contributed by atoms with Gasteiger partial charge in [0.15, 0.2) is 0 Å². The van der Waals surface area contributed by atoms with E-state index in [9.17, 15) is 14.4 Å². The summed E-state index contributed by atoms with van der Waals surface area (Å²) in [7, 11) is 0. The highest BCUT2D eigenvalue weighted by atomic mass is 16.5. The Balaban J connectivity index is 1.50. The van der Waals surface area contributed by atoms with Gasteiger partial charge >= 0.3 is 0 Å². The number of ether oxygens (including phenoxy) is 1. The molecule has 3 amide bonds. The van der Waals surface area contributed by atoms with E-state index < -0.39 is 11.8 Å². The van der Waals surface area contributed by atoms with E-state index in [-0.39, 0.29) is 11.3 Å². The van der Waals surface area contributed by atoms with E-state index in [0.717, 1.165) is 18.4 Å². The number of rotatable bonds is 8. The SMILES string of the molecule is CCCCOc1ccc(C(=O)NNC(=O)c2ccc(NC(=O)c3ccc(C(C)(C)C)cc3)cc2)cc1. The summed E-state index contributed by atoms with van der Waals surface area (Å²) in [6.07, 6.45) is 2.01. The molecule has 0 radical (unpaired) electrons. The Morgan fingerprint density at radius 3 is 1.67 bits per heavy atom. The topological polar surface area (TPSA) is 96.5 Å². The average molecular weight is 488 g/mol. The molecule has 3 aromatic rings. The van der Waals surface area contributed by atoms with Crippen molar-refractivity contribution in [3.8, 4) is 5.75 Å². The number of carbonyl (C=O) groups is 3. The van der Waals surface area contributed by atoms with Crippen LogP contribution >= 0.6 is 0 Å². The molecule has 0 aliphatic carbocycles. The van der Waals surface area contributed by atoms with Crippen LogP contribution in [0.5, 0.6) is 5.75 Å². The van der Waals surface area contributed by atoms with Gasteiger partial charge in [-0.15, -0.1) is 0 Å². The van der Waals surface area contributed by atoms with E-state index in [1.807, 2.05) is 12.1 Å². The van der Waals surface area contributed by atoms with Crippen molar-refractivity contribution in [1.29, 1.82) is 0 Å². The number of unbranched alkanes of at least 4 members (excludes halogenated alkanes) is 1. The molecule has 3 rings (SSSR count). The third kappa shape index (κ3) is 7.43. The molecule has 0 saturated carbocycles. The molecule has 3 aromatic carbocycles. The summed E-state index contributed by atoms with van der Waals surface area (Å²) in [6, 6.07) is 20.6. The van der Waals surface area contributed by atoms with Crippen molar-refractivity contribution in [2.24, 2.45) is 0 Å². The molecule has 0 atom stereocenters. The Hall–Kier alpha value is -4.13. The lowest BCUT2D eigenvalue weighted by atomic mass is 9.87. The van der Waals surface area contributed by atoms with E-state index in [1.54, 1.807) is 60.7 Å². The van der Waals surface area contributed by atoms with Crippen LogP contribution in [0.15, 0.2) is 72.8 Å². The van der Waals surface area contributed by atoms with Gasteiger partial charge in [-0.25, -0.2) is 0 Å². The summed E-state index contributed by atoms with van der Waals surface area (Å²) in [5.74, 6) is -0.455. The molecular formula is C29H33N3O4. The molecule has 0 aliphatic rings. The summed E-state index contributed by atoms with van der Waals surface area (Å²) in [5.41, 5.74) is 7.80. The molecule has 0 unspecified atom stereocenters. The highest BCUT2D eigenvalue weighted by Gasteiger charge is 2.15. The van der Waals surface area contributed by atoms with Crippen LogP contribution in [0, 0.1) is 0 Å². The lowest BCUT2D eigenvalue weighted by Crippen LogP contribution is -2.41. The van der Waals surface area contributed by atoms with Gasteiger partial charge in [-0.05, 0) is 78.1 Å². The van der Waals surface area contributed by atoms with Gasteiger partial charge in [0.1, 0.15) is 5.75 Å². The monoisotopic (exact) mass is 487 g/mol. The summed E-state index contributed by atoms with van der Waals surface area (Å²) in [6.45, 7) is 9.07. The largest absolute Gasteiger partial charge is 0.494 e. The van der Waals surface area contributed by atoms with Crippen molar-refractivity contribution < 1.29 is 19.1 Å². The maximum absolute atomic E-state index is 12.5. The minimum atomic E-state index is -0.474. The zero-order valence-corrected chi connectivity index (χ0v) is 21.2. The molecular weight excluding hydrogens is 454 g/mol. The lowest BCUT2D eigenvalue weighted by Gasteiger charge is -2.19. The Morgan fingerprint density at radius 1 is 0.694 bits per heavy atom. The van der Waals surface area contributed by atoms with Crippen molar-refractivity contribution in [3.63, 3.8) is 0 Å². The van der Waals surface area contributed by atoms with Gasteiger partial charge in [0.25, 0.3) is 17.7 Å². The van der Waals surface area contributed by atoms with Gasteiger partial charge in [-0.1, -0.05) is 46.2 Å². The molecule has 7 nitrogen and oxygen atoms in total. The summed E-state index contributed by atoms with van der Waals surface area (Å²) >= 11 is 0. The fraction of sp³-hybridized carbons (Fsp3) is 0.276. The standard InChI is InChI=1S/C29H33N3O4/c1-5-6-19-36-25-17-11-22(12-18-25)28(35)32-31-27(34)21-9-15-24(16-10-21)30-26(33)20-7-13-23(14-8-20)29(2,3)4/h7-18H,5-6,19H2,1-4H3,(H,30,33)(H,31,34)(H,32,35). The molecule has 0 fully saturated rings. The van der Waals surface area contributed by atoms with E-state index in [2.05, 4.69) is 43.9 Å². The highest BCUT2D eigenvalue weighted by molar-refractivity contribution is 6.04. The zero-order chi connectivity index (χ0) is 26.1. The molecule has 0 aliphatic heterocycles. The van der Waals surface area contributed by atoms with E-state index >= 15 is 0 Å². The Labute approximate surface area is 212 Å². The first-order chi connectivity index (χ1) is 17.2. The Bertz CT molecular complexity index is 1180. The first-order valence-electron chi connectivity index (χ1n) is 12.0. The van der Waals surface area contributed by atoms with Gasteiger partial charge in [0, 0.05) is 22.4 Å². The molecule has 0 heterocycles. The minimum Gasteiger partial charge on any atom is -0.494 e. The van der Waals surface area contributed by atoms with Gasteiger partial charge in [0.05, 0.1) is 6.61 Å². The second-order valence-corrected chi connectivity index (χ2v) is 9.49. The molecule has 3 N–H and O–H groups in total. The second kappa shape index (κ2) is 12.0. The number of hydrazine groups is 1. The van der Waals surface area contributed by atoms with Crippen LogP contribution in [-0.2, 0) is 5.41 Å². The Kier molecular flexibility index (Phi) is 8.84. The second-order valence-electron chi connectivity index (χ2n) is 9.49. The number of benzene rings is 3. The van der Waals surface area contributed by atoms with Crippen molar-refractivity contribution in [2.75, 3.05) is 11.9 Å². The molecule has 7 heteroatoms. The fourth-order valence-corrected chi connectivity index (χ4v) is 3.32. The van der Waals surface area contributed by atoms with Gasteiger partial charge < -0.3 is 10.1 Å². The van der Waals surface area contributed by atoms with E-state index in [1.165, 1.54) is 0 Å². The quantitative estimate of drug-likeness (QED) is 0.289. The molecule has 36 heavy (non-hydrogen) atoms. The molecule has 0 saturated heterocycles. The van der Waals surface area contributed by atoms with Crippen LogP contribution in [0.1, 0.15) is 77.2 Å². The van der Waals surface area contributed by atoms with Crippen LogP contribution in [0.25, 0.3) is 0 Å². The molecule has 0 spiro atoms. The summed E-state index contributed by atoms with van der Waals surface area (Å²) in [4.78, 5) is 37.3. The number of carbonyl (C=O) groups excluding carboxylic acids is 3. The number of hydrogen-bond donors (Lipinski definition) is 3. The smallest absolute Gasteiger partial charge is 0.269 e. The van der Waals surface area contributed by atoms with Gasteiger partial charge in [-0.3, -0.25) is 25.2 Å². The number of nitrogens with one attached hydrogen (secondary N) is 3. The van der Waals surface area contributed by atoms with Crippen LogP contribution < -0.4 is 20.9 Å². The first-order valence-corrected chi connectivity index (χ1v) is 12.0. The number of amides is 3. The third-order valence-electron chi connectivity index (χ3n) is 5.59. The van der Waals surface area contributed by atoms with Crippen LogP contribution in [0.3, 0.4) is 0 Å². The Morgan fingerprint density at radius 2 is 1.17 bits per heavy atom. The van der Waals surface area contributed by atoms with Crippen molar-refractivity contribution in [3.05, 3.63) is 95.1 Å². The predicted molar refractivity (Wildman–Crippen MR) is 141 cm³/mol. The van der Waals surface area contributed by atoms with Crippen LogP contribution in [-0.4, -0.2) is 24.3 Å². The number of anilines is 1. The van der Waals surface area contributed by atoms with E-state index in [0.29, 0.717) is 34.7 Å². The molecule has 188 valence electrons. The summed E-state index contributed by atoms with van der Waals surface area (Å²) < 4.78 is 5.58. The minimum absolute atomic E-state index is 0.0123.